The Bertz CT molecular complexity index is 837. The van der Waals surface area contributed by atoms with E-state index >= 15 is 0 Å². The molecule has 2 aromatic rings. The van der Waals surface area contributed by atoms with Crippen LogP contribution in [0.3, 0.4) is 0 Å². The first-order valence-electron chi connectivity index (χ1n) is 8.39. The summed E-state index contributed by atoms with van der Waals surface area (Å²) >= 11 is 1.16. The third-order valence-corrected chi connectivity index (χ3v) is 4.51. The van der Waals surface area contributed by atoms with Crippen molar-refractivity contribution < 1.29 is 23.8 Å². The molecule has 28 heavy (non-hydrogen) atoms. The van der Waals surface area contributed by atoms with Crippen molar-refractivity contribution in [1.29, 1.82) is 0 Å². The summed E-state index contributed by atoms with van der Waals surface area (Å²) in [5, 5.41) is 7.35. The molecule has 0 aliphatic carbocycles. The molecular weight excluding hydrogens is 384 g/mol. The number of benzene rings is 1. The first-order valence-corrected chi connectivity index (χ1v) is 9.27. The molecule has 2 amide bonds. The Hall–Kier alpha value is -2.85. The van der Waals surface area contributed by atoms with Gasteiger partial charge < -0.3 is 24.4 Å². The monoisotopic (exact) mass is 408 g/mol. The van der Waals surface area contributed by atoms with E-state index in [1.54, 1.807) is 11.4 Å². The van der Waals surface area contributed by atoms with Gasteiger partial charge in [-0.3, -0.25) is 14.9 Å². The van der Waals surface area contributed by atoms with Crippen molar-refractivity contribution >= 4 is 28.3 Å². The summed E-state index contributed by atoms with van der Waals surface area (Å²) in [4.78, 5) is 30.9. The number of rotatable bonds is 9. The van der Waals surface area contributed by atoms with Gasteiger partial charge in [0, 0.05) is 30.6 Å². The zero-order valence-electron chi connectivity index (χ0n) is 16.5. The Labute approximate surface area is 167 Å². The lowest BCUT2D eigenvalue weighted by atomic mass is 10.1. The van der Waals surface area contributed by atoms with Crippen LogP contribution in [-0.2, 0) is 0 Å². The van der Waals surface area contributed by atoms with Crippen molar-refractivity contribution in [2.75, 3.05) is 53.8 Å². The second-order valence-corrected chi connectivity index (χ2v) is 6.82. The molecule has 0 unspecified atom stereocenters. The van der Waals surface area contributed by atoms with Gasteiger partial charge in [0.05, 0.1) is 26.9 Å². The van der Waals surface area contributed by atoms with Gasteiger partial charge in [-0.15, -0.1) is 11.3 Å². The van der Waals surface area contributed by atoms with E-state index in [2.05, 4.69) is 15.6 Å². The third-order valence-electron chi connectivity index (χ3n) is 3.75. The Balaban J connectivity index is 2.11. The molecule has 0 bridgehead atoms. The zero-order valence-corrected chi connectivity index (χ0v) is 17.3. The molecule has 0 spiro atoms. The highest BCUT2D eigenvalue weighted by Crippen LogP contribution is 2.35. The first kappa shape index (κ1) is 21.5. The molecule has 0 saturated carbocycles. The second-order valence-electron chi connectivity index (χ2n) is 5.96. The summed E-state index contributed by atoms with van der Waals surface area (Å²) in [6.45, 7) is 1.23. The molecule has 0 aliphatic rings. The molecule has 2 rings (SSSR count). The van der Waals surface area contributed by atoms with Gasteiger partial charge in [-0.25, -0.2) is 4.98 Å². The fourth-order valence-corrected chi connectivity index (χ4v) is 2.98. The smallest absolute Gasteiger partial charge is 0.270 e. The van der Waals surface area contributed by atoms with Gasteiger partial charge in [-0.2, -0.15) is 0 Å². The van der Waals surface area contributed by atoms with Gasteiger partial charge in [0.1, 0.15) is 11.4 Å². The van der Waals surface area contributed by atoms with Gasteiger partial charge in [-0.05, 0) is 14.1 Å². The molecule has 1 heterocycles. The molecule has 1 aromatic carbocycles. The van der Waals surface area contributed by atoms with Crippen LogP contribution in [0.15, 0.2) is 17.5 Å². The Kier molecular flexibility index (Phi) is 7.59. The molecule has 2 N–H and O–H groups in total. The topological polar surface area (TPSA) is 102 Å². The molecule has 0 fully saturated rings. The minimum absolute atomic E-state index is 0.248. The Morgan fingerprint density at radius 3 is 2.29 bits per heavy atom. The van der Waals surface area contributed by atoms with Crippen molar-refractivity contribution in [3.63, 3.8) is 0 Å². The third kappa shape index (κ3) is 5.33. The summed E-state index contributed by atoms with van der Waals surface area (Å²) in [6.07, 6.45) is 0. The molecule has 1 aromatic heterocycles. The number of hydrogen-bond acceptors (Lipinski definition) is 8. The van der Waals surface area contributed by atoms with Gasteiger partial charge >= 0.3 is 0 Å². The summed E-state index contributed by atoms with van der Waals surface area (Å²) < 4.78 is 15.7. The zero-order chi connectivity index (χ0) is 20.7. The number of ether oxygens (including phenoxy) is 3. The fourth-order valence-electron chi connectivity index (χ4n) is 2.29. The van der Waals surface area contributed by atoms with E-state index in [1.165, 1.54) is 27.4 Å². The number of methoxy groups -OCH3 is 3. The van der Waals surface area contributed by atoms with Gasteiger partial charge in [-0.1, -0.05) is 0 Å². The predicted octanol–water partition coefficient (Wildman–Crippen LogP) is 1.71. The Morgan fingerprint density at radius 2 is 1.68 bits per heavy atom. The summed E-state index contributed by atoms with van der Waals surface area (Å²) in [6, 6.07) is 3.09. The number of thiazole rings is 1. The van der Waals surface area contributed by atoms with E-state index in [9.17, 15) is 9.59 Å². The van der Waals surface area contributed by atoms with Crippen LogP contribution in [0.5, 0.6) is 17.2 Å². The van der Waals surface area contributed by atoms with Crippen LogP contribution in [-0.4, -0.2) is 70.2 Å². The molecule has 10 heteroatoms. The summed E-state index contributed by atoms with van der Waals surface area (Å²) in [5.41, 5.74) is 0.505. The average molecular weight is 408 g/mol. The molecule has 0 atom stereocenters. The lowest BCUT2D eigenvalue weighted by molar-refractivity contribution is 0.0945. The van der Waals surface area contributed by atoms with E-state index in [1.807, 2.05) is 19.0 Å². The molecule has 0 radical (unpaired) electrons. The highest BCUT2D eigenvalue weighted by atomic mass is 32.1. The summed E-state index contributed by atoms with van der Waals surface area (Å²) in [7, 11) is 8.28. The average Bonchev–Trinajstić information content (AvgIpc) is 3.14. The van der Waals surface area contributed by atoms with E-state index in [4.69, 9.17) is 14.2 Å². The van der Waals surface area contributed by atoms with Crippen LogP contribution in [0.2, 0.25) is 0 Å². The Morgan fingerprint density at radius 1 is 1.04 bits per heavy atom. The van der Waals surface area contributed by atoms with E-state index in [0.29, 0.717) is 28.9 Å². The standard InChI is InChI=1S/C18H24N4O5S/c1-22(2)7-6-19-17(24)12-10-28-18(20-12)21-16(23)11-8-14(26-4)15(27-5)9-13(11)25-3/h8-10H,6-7H2,1-5H3,(H,19,24)(H,20,21,23). The van der Waals surface area contributed by atoms with Crippen LogP contribution in [0.1, 0.15) is 20.8 Å². The van der Waals surface area contributed by atoms with Crippen molar-refractivity contribution in [3.05, 3.63) is 28.8 Å². The van der Waals surface area contributed by atoms with Crippen molar-refractivity contribution in [2.45, 2.75) is 0 Å². The number of carbonyl (C=O) groups is 2. The maximum atomic E-state index is 12.7. The number of hydrogen-bond donors (Lipinski definition) is 2. The first-order chi connectivity index (χ1) is 13.4. The summed E-state index contributed by atoms with van der Waals surface area (Å²) in [5.74, 6) is 0.442. The molecule has 9 nitrogen and oxygen atoms in total. The number of amides is 2. The van der Waals surface area contributed by atoms with E-state index < -0.39 is 5.91 Å². The minimum atomic E-state index is -0.438. The maximum absolute atomic E-state index is 12.7. The highest BCUT2D eigenvalue weighted by molar-refractivity contribution is 7.14. The molecule has 152 valence electrons. The quantitative estimate of drug-likeness (QED) is 0.651. The molecule has 0 saturated heterocycles. The van der Waals surface area contributed by atoms with Gasteiger partial charge in [0.2, 0.25) is 0 Å². The fraction of sp³-hybridized carbons (Fsp3) is 0.389. The highest BCUT2D eigenvalue weighted by Gasteiger charge is 2.19. The lowest BCUT2D eigenvalue weighted by Gasteiger charge is -2.13. The molecular formula is C18H24N4O5S. The predicted molar refractivity (Wildman–Crippen MR) is 107 cm³/mol. The number of aromatic nitrogens is 1. The number of carbonyl (C=O) groups excluding carboxylic acids is 2. The van der Waals surface area contributed by atoms with E-state index in [0.717, 1.165) is 17.9 Å². The number of nitrogens with zero attached hydrogens (tertiary/aromatic N) is 2. The number of likely N-dealkylation sites (N-methyl/N-ethyl adjacent to an activating group) is 1. The van der Waals surface area contributed by atoms with Crippen LogP contribution < -0.4 is 24.8 Å². The van der Waals surface area contributed by atoms with Crippen molar-refractivity contribution in [1.82, 2.24) is 15.2 Å². The van der Waals surface area contributed by atoms with Crippen LogP contribution in [0.4, 0.5) is 5.13 Å². The van der Waals surface area contributed by atoms with E-state index in [-0.39, 0.29) is 17.2 Å². The maximum Gasteiger partial charge on any atom is 0.270 e. The van der Waals surface area contributed by atoms with Crippen molar-refractivity contribution in [2.24, 2.45) is 0 Å². The van der Waals surface area contributed by atoms with Crippen LogP contribution in [0, 0.1) is 0 Å². The lowest BCUT2D eigenvalue weighted by Crippen LogP contribution is -2.31. The number of anilines is 1. The normalized spacial score (nSPS) is 10.5. The van der Waals surface area contributed by atoms with Gasteiger partial charge in [0.25, 0.3) is 11.8 Å². The SMILES string of the molecule is COc1cc(OC)c(C(=O)Nc2nc(C(=O)NCCN(C)C)cs2)cc1OC. The minimum Gasteiger partial charge on any atom is -0.496 e. The molecule has 0 aliphatic heterocycles. The largest absolute Gasteiger partial charge is 0.496 e. The van der Waals surface area contributed by atoms with Crippen LogP contribution >= 0.6 is 11.3 Å². The number of nitrogens with one attached hydrogen (secondary N) is 2. The van der Waals surface area contributed by atoms with Gasteiger partial charge in [0.15, 0.2) is 16.6 Å². The van der Waals surface area contributed by atoms with Crippen molar-refractivity contribution in [3.8, 4) is 17.2 Å². The second kappa shape index (κ2) is 9.90. The van der Waals surface area contributed by atoms with Crippen LogP contribution in [0.25, 0.3) is 0 Å².